The lowest BCUT2D eigenvalue weighted by Crippen LogP contribution is -2.59. The van der Waals surface area contributed by atoms with Crippen molar-refractivity contribution in [1.29, 1.82) is 0 Å². The van der Waals surface area contributed by atoms with Gasteiger partial charge in [-0.15, -0.1) is 0 Å². The number of aliphatic carboxylic acids is 1. The van der Waals surface area contributed by atoms with Crippen LogP contribution in [0.15, 0.2) is 116 Å². The summed E-state index contributed by atoms with van der Waals surface area (Å²) in [4.78, 5) is 131. The lowest BCUT2D eigenvalue weighted by atomic mass is 10.0. The van der Waals surface area contributed by atoms with Crippen molar-refractivity contribution in [2.24, 2.45) is 5.73 Å². The number of likely N-dealkylation sites (tertiary alicyclic amines) is 1. The number of benzene rings is 4. The van der Waals surface area contributed by atoms with Crippen LogP contribution in [0.1, 0.15) is 35.1 Å². The summed E-state index contributed by atoms with van der Waals surface area (Å²) < 4.78 is 0. The molecule has 0 aliphatic carbocycles. The van der Waals surface area contributed by atoms with Crippen molar-refractivity contribution < 1.29 is 53.4 Å². The number of fused-ring (bicyclic) bond motifs is 3. The monoisotopic (exact) mass is 1060 g/mol. The van der Waals surface area contributed by atoms with E-state index in [9.17, 15) is 48.3 Å². The molecule has 7 aromatic rings. The van der Waals surface area contributed by atoms with Crippen LogP contribution in [0.25, 0.3) is 32.7 Å². The van der Waals surface area contributed by atoms with Crippen molar-refractivity contribution in [1.82, 2.24) is 57.1 Å². The number of hydrogen-bond donors (Lipinski definition) is 13. The Balaban J connectivity index is 0.995. The van der Waals surface area contributed by atoms with Crippen LogP contribution in [-0.4, -0.2) is 146 Å². The summed E-state index contributed by atoms with van der Waals surface area (Å²) in [7, 11) is 0. The average Bonchev–Trinajstić information content (AvgIpc) is 4.28. The number of aromatic nitrogens is 3. The molecule has 78 heavy (non-hydrogen) atoms. The summed E-state index contributed by atoms with van der Waals surface area (Å²) in [6.45, 7) is -2.11. The quantitative estimate of drug-likeness (QED) is 0.0392. The third-order valence-corrected chi connectivity index (χ3v) is 13.5. The first-order valence-corrected chi connectivity index (χ1v) is 25.3. The van der Waals surface area contributed by atoms with Gasteiger partial charge in [-0.2, -0.15) is 0 Å². The smallest absolute Gasteiger partial charge is 0.322 e. The minimum absolute atomic E-state index is 0.0378. The normalized spacial score (nSPS) is 14.7. The highest BCUT2D eigenvalue weighted by atomic mass is 16.4. The first kappa shape index (κ1) is 54.7. The van der Waals surface area contributed by atoms with Gasteiger partial charge in [0.15, 0.2) is 0 Å². The molecule has 1 saturated heterocycles. The van der Waals surface area contributed by atoms with Gasteiger partial charge in [0, 0.05) is 77.1 Å². The summed E-state index contributed by atoms with van der Waals surface area (Å²) in [5, 5.41) is 39.3. The molecule has 406 valence electrons. The number of rotatable bonds is 24. The van der Waals surface area contributed by atoms with Crippen LogP contribution in [0.3, 0.4) is 0 Å². The molecule has 14 N–H and O–H groups in total. The number of nitrogens with two attached hydrogens (primary N) is 1. The van der Waals surface area contributed by atoms with Crippen LogP contribution < -0.4 is 43.0 Å². The zero-order chi connectivity index (χ0) is 55.3. The molecule has 5 atom stereocenters. The highest BCUT2D eigenvalue weighted by Gasteiger charge is 2.36. The van der Waals surface area contributed by atoms with Gasteiger partial charge in [-0.3, -0.25) is 43.2 Å². The Kier molecular flexibility index (Phi) is 17.8. The molecule has 0 radical (unpaired) electrons. The van der Waals surface area contributed by atoms with E-state index in [0.29, 0.717) is 23.1 Å². The van der Waals surface area contributed by atoms with Crippen molar-refractivity contribution in [3.05, 3.63) is 138 Å². The fraction of sp³-hybridized carbons (Fsp3) is 0.291. The van der Waals surface area contributed by atoms with Gasteiger partial charge in [-0.25, -0.2) is 0 Å². The number of aromatic amines is 3. The van der Waals surface area contributed by atoms with Crippen molar-refractivity contribution in [2.45, 2.75) is 68.7 Å². The zero-order valence-electron chi connectivity index (χ0n) is 42.2. The maximum Gasteiger partial charge on any atom is 0.322 e. The highest BCUT2D eigenvalue weighted by Crippen LogP contribution is 2.23. The van der Waals surface area contributed by atoms with Crippen molar-refractivity contribution >= 4 is 85.9 Å². The first-order valence-electron chi connectivity index (χ1n) is 25.3. The van der Waals surface area contributed by atoms with Crippen LogP contribution in [0.4, 0.5) is 0 Å². The average molecular weight is 1070 g/mol. The number of phenols is 1. The first-order chi connectivity index (χ1) is 37.6. The second-order valence-corrected chi connectivity index (χ2v) is 19.0. The number of H-pyrrole nitrogens is 3. The van der Waals surface area contributed by atoms with Crippen molar-refractivity contribution in [2.75, 3.05) is 32.7 Å². The number of carbonyl (C=O) groups is 9. The van der Waals surface area contributed by atoms with Crippen LogP contribution in [0, 0.1) is 0 Å². The molecule has 8 rings (SSSR count). The van der Waals surface area contributed by atoms with Crippen molar-refractivity contribution in [3.8, 4) is 5.75 Å². The van der Waals surface area contributed by atoms with Gasteiger partial charge in [-0.05, 0) is 71.8 Å². The van der Waals surface area contributed by atoms with E-state index in [0.717, 1.165) is 38.3 Å². The number of para-hydroxylation sites is 3. The van der Waals surface area contributed by atoms with E-state index in [1.54, 1.807) is 30.7 Å². The number of amides is 8. The summed E-state index contributed by atoms with van der Waals surface area (Å²) >= 11 is 0. The lowest BCUT2D eigenvalue weighted by Gasteiger charge is -2.26. The summed E-state index contributed by atoms with van der Waals surface area (Å²) in [6, 6.07) is 22.1. The van der Waals surface area contributed by atoms with Gasteiger partial charge >= 0.3 is 5.97 Å². The second kappa shape index (κ2) is 25.3. The van der Waals surface area contributed by atoms with E-state index in [1.807, 2.05) is 72.8 Å². The van der Waals surface area contributed by atoms with Crippen LogP contribution in [-0.2, 0) is 68.8 Å². The largest absolute Gasteiger partial charge is 0.508 e. The molecule has 3 aromatic heterocycles. The summed E-state index contributed by atoms with van der Waals surface area (Å²) in [5.41, 5.74) is 11.3. The predicted molar refractivity (Wildman–Crippen MR) is 286 cm³/mol. The molecule has 1 fully saturated rings. The Morgan fingerprint density at radius 1 is 0.538 bits per heavy atom. The fourth-order valence-corrected chi connectivity index (χ4v) is 9.50. The van der Waals surface area contributed by atoms with E-state index >= 15 is 0 Å². The van der Waals surface area contributed by atoms with Gasteiger partial charge in [0.05, 0.1) is 25.7 Å². The number of carbonyl (C=O) groups excluding carboxylic acids is 8. The van der Waals surface area contributed by atoms with E-state index in [1.165, 1.54) is 17.0 Å². The van der Waals surface area contributed by atoms with Gasteiger partial charge in [0.2, 0.25) is 47.3 Å². The molecule has 1 aliphatic heterocycles. The van der Waals surface area contributed by atoms with Gasteiger partial charge in [0.25, 0.3) is 0 Å². The maximum atomic E-state index is 14.9. The van der Waals surface area contributed by atoms with E-state index in [-0.39, 0.29) is 44.4 Å². The lowest BCUT2D eigenvalue weighted by molar-refractivity contribution is -0.139. The molecule has 23 nitrogen and oxygen atoms in total. The Hall–Kier alpha value is -9.51. The topological polar surface area (TPSA) is 355 Å². The van der Waals surface area contributed by atoms with Gasteiger partial charge < -0.3 is 73.0 Å². The third kappa shape index (κ3) is 14.0. The summed E-state index contributed by atoms with van der Waals surface area (Å²) in [5.74, 6) is -7.01. The Labute approximate surface area is 445 Å². The standard InChI is InChI=1S/C55H60N12O11/c56-39(21-32-24-57-40-11-4-1-8-36(32)40)51(74)61-28-48(70)64-43(20-31-15-17-35(68)18-16-31)53(76)66-45(23-34-26-59-42-13-6-3-10-38(34)42)54(77)65-44(22-33-25-58-41-12-5-2-9-37(33)41)52(75)63-29-49(71)67-19-7-14-46(67)55(78)62-27-47(69)60-30-50(72)73/h1-6,8-13,15-18,24-26,39,43-46,57-59,68H,7,14,19-23,27-30,56H2,(H,60,69)(H,61,74)(H,62,78)(H,63,75)(H,64,70)(H,65,77)(H,66,76)(H,72,73)/t39-,43-,44-,45-,46-/m0/s1. The van der Waals surface area contributed by atoms with Crippen LogP contribution in [0.2, 0.25) is 0 Å². The number of carboxylic acids is 1. The number of nitrogens with zero attached hydrogens (tertiary/aromatic N) is 1. The van der Waals surface area contributed by atoms with E-state index < -0.39 is 110 Å². The minimum Gasteiger partial charge on any atom is -0.508 e. The molecule has 0 spiro atoms. The minimum atomic E-state index is -1.40. The zero-order valence-corrected chi connectivity index (χ0v) is 42.2. The number of hydrogen-bond acceptors (Lipinski definition) is 11. The SMILES string of the molecule is N[C@@H](Cc1c[nH]c2ccccc12)C(=O)NCC(=O)N[C@@H](Cc1ccc(O)cc1)C(=O)N[C@@H](Cc1c[nH]c2ccccc12)C(=O)N[C@@H](Cc1c[nH]c2ccccc12)C(=O)NCC(=O)N1CCC[C@H]1C(=O)NCC(=O)NCC(=O)O. The van der Waals surface area contributed by atoms with Crippen LogP contribution in [0.5, 0.6) is 5.75 Å². The molecular formula is C55H60N12O11. The predicted octanol–water partition coefficient (Wildman–Crippen LogP) is 0.429. The molecule has 23 heteroatoms. The molecule has 8 amide bonds. The van der Waals surface area contributed by atoms with E-state index in [2.05, 4.69) is 52.2 Å². The third-order valence-electron chi connectivity index (χ3n) is 13.5. The van der Waals surface area contributed by atoms with Gasteiger partial charge in [-0.1, -0.05) is 66.7 Å². The second-order valence-electron chi connectivity index (χ2n) is 19.0. The molecule has 0 bridgehead atoms. The molecular weight excluding hydrogens is 1000 g/mol. The fourth-order valence-electron chi connectivity index (χ4n) is 9.50. The molecule has 0 saturated carbocycles. The van der Waals surface area contributed by atoms with Crippen molar-refractivity contribution in [3.63, 3.8) is 0 Å². The molecule has 4 aromatic carbocycles. The molecule has 0 unspecified atom stereocenters. The highest BCUT2D eigenvalue weighted by molar-refractivity contribution is 5.98. The van der Waals surface area contributed by atoms with Crippen LogP contribution >= 0.6 is 0 Å². The Bertz CT molecular complexity index is 3350. The molecule has 1 aliphatic rings. The number of aromatic hydroxyl groups is 1. The van der Waals surface area contributed by atoms with E-state index in [4.69, 9.17) is 10.8 Å². The number of carboxylic acid groups (broad SMARTS) is 1. The number of phenolic OH excluding ortho intramolecular Hbond substituents is 1. The molecule has 4 heterocycles. The van der Waals surface area contributed by atoms with Gasteiger partial charge in [0.1, 0.15) is 36.5 Å². The Morgan fingerprint density at radius 3 is 1.58 bits per heavy atom. The maximum absolute atomic E-state index is 14.9. The Morgan fingerprint density at radius 2 is 1.03 bits per heavy atom. The number of nitrogens with one attached hydrogen (secondary N) is 10. The summed E-state index contributed by atoms with van der Waals surface area (Å²) in [6.07, 6.45) is 5.74.